The van der Waals surface area contributed by atoms with Gasteiger partial charge in [-0.15, -0.1) is 10.2 Å². The van der Waals surface area contributed by atoms with Gasteiger partial charge in [0.1, 0.15) is 0 Å². The number of hydrogen-bond acceptors (Lipinski definition) is 6. The second kappa shape index (κ2) is 6.28. The van der Waals surface area contributed by atoms with Gasteiger partial charge in [-0.2, -0.15) is 8.42 Å². The molecule has 1 aliphatic carbocycles. The van der Waals surface area contributed by atoms with E-state index in [1.54, 1.807) is 6.07 Å². The number of anilines is 1. The van der Waals surface area contributed by atoms with Crippen LogP contribution in [0.2, 0.25) is 0 Å². The number of sulfonamides is 1. The molecule has 2 aromatic heterocycles. The number of nitrogens with zero attached hydrogens (tertiary/aromatic N) is 2. The zero-order chi connectivity index (χ0) is 18.3. The zero-order valence-electron chi connectivity index (χ0n) is 14.5. The molecular formula is C18H19N3O4S. The van der Waals surface area contributed by atoms with Crippen molar-refractivity contribution < 1.29 is 17.3 Å². The highest BCUT2D eigenvalue weighted by Crippen LogP contribution is 2.36. The number of aryl methyl sites for hydroxylation is 2. The van der Waals surface area contributed by atoms with Crippen LogP contribution in [0.3, 0.4) is 0 Å². The minimum Gasteiger partial charge on any atom is -0.438 e. The number of benzene rings is 1. The van der Waals surface area contributed by atoms with Crippen LogP contribution in [0.25, 0.3) is 11.7 Å². The van der Waals surface area contributed by atoms with Crippen LogP contribution in [-0.2, 0) is 10.0 Å². The molecule has 1 aliphatic rings. The molecule has 1 saturated carbocycles. The van der Waals surface area contributed by atoms with E-state index >= 15 is 0 Å². The monoisotopic (exact) mass is 373 g/mol. The maximum atomic E-state index is 12.6. The van der Waals surface area contributed by atoms with Gasteiger partial charge in [-0.05, 0) is 50.5 Å². The predicted octanol–water partition coefficient (Wildman–Crippen LogP) is 4.01. The quantitative estimate of drug-likeness (QED) is 0.725. The molecule has 1 aromatic carbocycles. The Morgan fingerprint density at radius 2 is 1.88 bits per heavy atom. The molecule has 0 radical (unpaired) electrons. The van der Waals surface area contributed by atoms with Gasteiger partial charge in [0.05, 0.1) is 5.69 Å². The van der Waals surface area contributed by atoms with Crippen molar-refractivity contribution in [1.29, 1.82) is 0 Å². The Kier molecular flexibility index (Phi) is 4.07. The smallest absolute Gasteiger partial charge is 0.295 e. The van der Waals surface area contributed by atoms with E-state index < -0.39 is 10.0 Å². The topological polar surface area (TPSA) is 98.2 Å². The van der Waals surface area contributed by atoms with Gasteiger partial charge in [0.2, 0.25) is 11.0 Å². The summed E-state index contributed by atoms with van der Waals surface area (Å²) in [5.41, 5.74) is 2.41. The standard InChI is InChI=1S/C18H19N3O4S/c1-11-6-7-14(12(2)10-11)21-26(22,23)16-9-8-15(24-16)18-20-19-17(25-18)13-4-3-5-13/h6-10,13,21H,3-5H2,1-2H3. The Morgan fingerprint density at radius 3 is 2.58 bits per heavy atom. The number of furan rings is 1. The maximum absolute atomic E-state index is 12.6. The van der Waals surface area contributed by atoms with Gasteiger partial charge in [0.25, 0.3) is 15.9 Å². The van der Waals surface area contributed by atoms with Gasteiger partial charge in [-0.25, -0.2) is 0 Å². The van der Waals surface area contributed by atoms with E-state index in [2.05, 4.69) is 14.9 Å². The normalized spacial score (nSPS) is 15.0. The van der Waals surface area contributed by atoms with Crippen molar-refractivity contribution in [2.75, 3.05) is 4.72 Å². The van der Waals surface area contributed by atoms with Crippen molar-refractivity contribution in [1.82, 2.24) is 10.2 Å². The van der Waals surface area contributed by atoms with E-state index in [9.17, 15) is 8.42 Å². The van der Waals surface area contributed by atoms with Crippen molar-refractivity contribution in [3.8, 4) is 11.7 Å². The van der Waals surface area contributed by atoms with E-state index in [4.69, 9.17) is 8.83 Å². The second-order valence-electron chi connectivity index (χ2n) is 6.62. The lowest BCUT2D eigenvalue weighted by atomic mass is 9.85. The molecule has 0 aliphatic heterocycles. The van der Waals surface area contributed by atoms with Crippen LogP contribution in [0.4, 0.5) is 5.69 Å². The molecule has 1 fully saturated rings. The number of hydrogen-bond donors (Lipinski definition) is 1. The fourth-order valence-electron chi connectivity index (χ4n) is 2.86. The summed E-state index contributed by atoms with van der Waals surface area (Å²) >= 11 is 0. The summed E-state index contributed by atoms with van der Waals surface area (Å²) < 4.78 is 38.8. The first kappa shape index (κ1) is 16.8. The van der Waals surface area contributed by atoms with Gasteiger partial charge < -0.3 is 8.83 Å². The Balaban J connectivity index is 1.57. The molecule has 0 saturated heterocycles. The van der Waals surface area contributed by atoms with Gasteiger partial charge in [0.15, 0.2) is 5.76 Å². The molecule has 7 nitrogen and oxygen atoms in total. The largest absolute Gasteiger partial charge is 0.438 e. The molecule has 0 unspecified atom stereocenters. The van der Waals surface area contributed by atoms with Gasteiger partial charge >= 0.3 is 0 Å². The molecular weight excluding hydrogens is 354 g/mol. The van der Waals surface area contributed by atoms with Crippen LogP contribution in [-0.4, -0.2) is 18.6 Å². The fraction of sp³-hybridized carbons (Fsp3) is 0.333. The third-order valence-corrected chi connectivity index (χ3v) is 5.82. The third kappa shape index (κ3) is 3.12. The van der Waals surface area contributed by atoms with Gasteiger partial charge in [0, 0.05) is 5.92 Å². The van der Waals surface area contributed by atoms with Crippen molar-refractivity contribution in [3.05, 3.63) is 47.3 Å². The van der Waals surface area contributed by atoms with E-state index in [1.165, 1.54) is 12.1 Å². The molecule has 0 spiro atoms. The Labute approximate surface area is 151 Å². The van der Waals surface area contributed by atoms with Gasteiger partial charge in [-0.1, -0.05) is 24.1 Å². The van der Waals surface area contributed by atoms with E-state index in [1.807, 2.05) is 26.0 Å². The molecule has 3 aromatic rings. The van der Waals surface area contributed by atoms with Gasteiger partial charge in [-0.3, -0.25) is 4.72 Å². The first-order valence-electron chi connectivity index (χ1n) is 8.46. The highest BCUT2D eigenvalue weighted by atomic mass is 32.2. The highest BCUT2D eigenvalue weighted by molar-refractivity contribution is 7.92. The average molecular weight is 373 g/mol. The zero-order valence-corrected chi connectivity index (χ0v) is 15.3. The fourth-order valence-corrected chi connectivity index (χ4v) is 3.92. The summed E-state index contributed by atoms with van der Waals surface area (Å²) in [6.45, 7) is 3.80. The molecule has 2 heterocycles. The van der Waals surface area contributed by atoms with E-state index in [-0.39, 0.29) is 16.7 Å². The highest BCUT2D eigenvalue weighted by Gasteiger charge is 2.27. The number of aromatic nitrogens is 2. The van der Waals surface area contributed by atoms with Crippen molar-refractivity contribution in [2.45, 2.75) is 44.1 Å². The summed E-state index contributed by atoms with van der Waals surface area (Å²) in [5.74, 6) is 1.32. The first-order valence-corrected chi connectivity index (χ1v) is 9.94. The summed E-state index contributed by atoms with van der Waals surface area (Å²) in [6, 6.07) is 8.39. The molecule has 0 bridgehead atoms. The SMILES string of the molecule is Cc1ccc(NS(=O)(=O)c2ccc(-c3nnc(C4CCC4)o3)o2)c(C)c1. The molecule has 26 heavy (non-hydrogen) atoms. The lowest BCUT2D eigenvalue weighted by Crippen LogP contribution is -2.13. The molecule has 136 valence electrons. The summed E-state index contributed by atoms with van der Waals surface area (Å²) in [5, 5.41) is 7.80. The maximum Gasteiger partial charge on any atom is 0.295 e. The molecule has 0 amide bonds. The van der Waals surface area contributed by atoms with Crippen LogP contribution in [0, 0.1) is 13.8 Å². The Morgan fingerprint density at radius 1 is 1.08 bits per heavy atom. The van der Waals surface area contributed by atoms with E-state index in [0.717, 1.165) is 30.4 Å². The lowest BCUT2D eigenvalue weighted by molar-refractivity contribution is 0.334. The summed E-state index contributed by atoms with van der Waals surface area (Å²) in [6.07, 6.45) is 3.24. The molecule has 0 atom stereocenters. The Hall–Kier alpha value is -2.61. The summed E-state index contributed by atoms with van der Waals surface area (Å²) in [4.78, 5) is 0. The van der Waals surface area contributed by atoms with Crippen LogP contribution in [0.5, 0.6) is 0 Å². The van der Waals surface area contributed by atoms with Crippen LogP contribution < -0.4 is 4.72 Å². The minimum absolute atomic E-state index is 0.194. The lowest BCUT2D eigenvalue weighted by Gasteiger charge is -2.20. The van der Waals surface area contributed by atoms with Crippen molar-refractivity contribution in [2.24, 2.45) is 0 Å². The van der Waals surface area contributed by atoms with Crippen LogP contribution in [0.15, 0.2) is 44.3 Å². The number of rotatable bonds is 5. The van der Waals surface area contributed by atoms with Crippen LogP contribution in [0.1, 0.15) is 42.2 Å². The predicted molar refractivity (Wildman–Crippen MR) is 95.3 cm³/mol. The average Bonchev–Trinajstić information content (AvgIpc) is 3.17. The molecule has 8 heteroatoms. The van der Waals surface area contributed by atoms with Crippen molar-refractivity contribution in [3.63, 3.8) is 0 Å². The van der Waals surface area contributed by atoms with E-state index in [0.29, 0.717) is 17.5 Å². The van der Waals surface area contributed by atoms with Crippen molar-refractivity contribution >= 4 is 15.7 Å². The minimum atomic E-state index is -3.85. The third-order valence-electron chi connectivity index (χ3n) is 4.58. The number of nitrogens with one attached hydrogen (secondary N) is 1. The molecule has 4 rings (SSSR count). The summed E-state index contributed by atoms with van der Waals surface area (Å²) in [7, 11) is -3.85. The first-order chi connectivity index (χ1) is 12.4. The Bertz CT molecular complexity index is 1050. The van der Waals surface area contributed by atoms with Crippen LogP contribution >= 0.6 is 0 Å². The second-order valence-corrected chi connectivity index (χ2v) is 8.23. The molecule has 1 N–H and O–H groups in total.